The molecule has 1 amide bonds. The summed E-state index contributed by atoms with van der Waals surface area (Å²) in [5, 5.41) is 6.38. The van der Waals surface area contributed by atoms with E-state index in [1.54, 1.807) is 13.0 Å². The number of anilines is 1. The Kier molecular flexibility index (Phi) is 5.97. The van der Waals surface area contributed by atoms with Crippen molar-refractivity contribution < 1.29 is 17.7 Å². The zero-order chi connectivity index (χ0) is 17.6. The molecule has 2 rings (SSSR count). The molecule has 0 unspecified atom stereocenters. The summed E-state index contributed by atoms with van der Waals surface area (Å²) < 4.78 is 31.9. The van der Waals surface area contributed by atoms with Gasteiger partial charge < -0.3 is 9.84 Å². The number of carbonyl (C=O) groups is 1. The SMILES string of the molecule is CCCCCNC(=O)c1cccc(S(=O)(=O)Nc2cc(C)on2)c1. The summed E-state index contributed by atoms with van der Waals surface area (Å²) >= 11 is 0. The van der Waals surface area contributed by atoms with Crippen molar-refractivity contribution in [2.45, 2.75) is 38.0 Å². The van der Waals surface area contributed by atoms with Gasteiger partial charge in [0.2, 0.25) is 0 Å². The number of amides is 1. The van der Waals surface area contributed by atoms with E-state index >= 15 is 0 Å². The van der Waals surface area contributed by atoms with E-state index in [-0.39, 0.29) is 16.6 Å². The number of unbranched alkanes of at least 4 members (excludes halogenated alkanes) is 2. The van der Waals surface area contributed by atoms with Crippen LogP contribution in [0, 0.1) is 6.92 Å². The Balaban J connectivity index is 2.09. The molecule has 0 aliphatic rings. The molecule has 0 fully saturated rings. The molecule has 0 bridgehead atoms. The van der Waals surface area contributed by atoms with E-state index in [4.69, 9.17) is 4.52 Å². The Morgan fingerprint density at radius 2 is 2.04 bits per heavy atom. The summed E-state index contributed by atoms with van der Waals surface area (Å²) in [6, 6.07) is 7.34. The number of benzene rings is 1. The third-order valence-corrected chi connectivity index (χ3v) is 4.69. The molecule has 7 nitrogen and oxygen atoms in total. The van der Waals surface area contributed by atoms with Gasteiger partial charge in [0.05, 0.1) is 4.90 Å². The maximum atomic E-state index is 12.4. The molecular formula is C16H21N3O4S. The monoisotopic (exact) mass is 351 g/mol. The zero-order valence-corrected chi connectivity index (χ0v) is 14.5. The van der Waals surface area contributed by atoms with Crippen molar-refractivity contribution in [3.8, 4) is 0 Å². The van der Waals surface area contributed by atoms with Crippen LogP contribution in [0.25, 0.3) is 0 Å². The van der Waals surface area contributed by atoms with E-state index in [1.807, 2.05) is 0 Å². The number of hydrogen-bond donors (Lipinski definition) is 2. The van der Waals surface area contributed by atoms with E-state index < -0.39 is 10.0 Å². The van der Waals surface area contributed by atoms with Crippen molar-refractivity contribution in [2.24, 2.45) is 0 Å². The van der Waals surface area contributed by atoms with Gasteiger partial charge in [0, 0.05) is 18.2 Å². The lowest BCUT2D eigenvalue weighted by Gasteiger charge is -2.08. The van der Waals surface area contributed by atoms with Gasteiger partial charge in [0.15, 0.2) is 5.82 Å². The topological polar surface area (TPSA) is 101 Å². The molecule has 0 aliphatic heterocycles. The van der Waals surface area contributed by atoms with Crippen molar-refractivity contribution in [3.63, 3.8) is 0 Å². The molecule has 24 heavy (non-hydrogen) atoms. The fraction of sp³-hybridized carbons (Fsp3) is 0.375. The van der Waals surface area contributed by atoms with Crippen LogP contribution in [-0.2, 0) is 10.0 Å². The van der Waals surface area contributed by atoms with E-state index in [9.17, 15) is 13.2 Å². The highest BCUT2D eigenvalue weighted by Gasteiger charge is 2.18. The van der Waals surface area contributed by atoms with Gasteiger partial charge in [-0.05, 0) is 31.5 Å². The quantitative estimate of drug-likeness (QED) is 0.712. The van der Waals surface area contributed by atoms with Gasteiger partial charge >= 0.3 is 0 Å². The van der Waals surface area contributed by atoms with E-state index in [2.05, 4.69) is 22.1 Å². The minimum Gasteiger partial charge on any atom is -0.360 e. The van der Waals surface area contributed by atoms with Crippen molar-refractivity contribution in [1.29, 1.82) is 0 Å². The van der Waals surface area contributed by atoms with E-state index in [0.29, 0.717) is 17.9 Å². The van der Waals surface area contributed by atoms with Gasteiger partial charge in [-0.3, -0.25) is 9.52 Å². The lowest BCUT2D eigenvalue weighted by atomic mass is 10.2. The third-order valence-electron chi connectivity index (χ3n) is 3.34. The van der Waals surface area contributed by atoms with Crippen LogP contribution in [0.2, 0.25) is 0 Å². The lowest BCUT2D eigenvalue weighted by Crippen LogP contribution is -2.24. The first-order valence-corrected chi connectivity index (χ1v) is 9.25. The Morgan fingerprint density at radius 1 is 1.25 bits per heavy atom. The maximum absolute atomic E-state index is 12.4. The minimum absolute atomic E-state index is 0.00985. The first-order chi connectivity index (χ1) is 11.4. The van der Waals surface area contributed by atoms with Gasteiger partial charge in [0.25, 0.3) is 15.9 Å². The highest BCUT2D eigenvalue weighted by Crippen LogP contribution is 2.17. The van der Waals surface area contributed by atoms with Crippen molar-refractivity contribution in [3.05, 3.63) is 41.7 Å². The van der Waals surface area contributed by atoms with Crippen molar-refractivity contribution in [1.82, 2.24) is 10.5 Å². The molecule has 0 spiro atoms. The fourth-order valence-corrected chi connectivity index (χ4v) is 3.12. The number of rotatable bonds is 8. The second-order valence-electron chi connectivity index (χ2n) is 5.42. The van der Waals surface area contributed by atoms with Crippen molar-refractivity contribution in [2.75, 3.05) is 11.3 Å². The summed E-state index contributed by atoms with van der Waals surface area (Å²) in [7, 11) is -3.84. The fourth-order valence-electron chi connectivity index (χ4n) is 2.09. The highest BCUT2D eigenvalue weighted by molar-refractivity contribution is 7.92. The normalized spacial score (nSPS) is 11.2. The average Bonchev–Trinajstić information content (AvgIpc) is 2.95. The summed E-state index contributed by atoms with van der Waals surface area (Å²) in [6.45, 7) is 4.31. The van der Waals surface area contributed by atoms with Crippen LogP contribution in [0.3, 0.4) is 0 Å². The summed E-state index contributed by atoms with van der Waals surface area (Å²) in [4.78, 5) is 12.1. The van der Waals surface area contributed by atoms with Crippen LogP contribution in [0.1, 0.15) is 42.3 Å². The van der Waals surface area contributed by atoms with Gasteiger partial charge in [-0.2, -0.15) is 0 Å². The molecule has 0 saturated carbocycles. The van der Waals surface area contributed by atoms with Crippen LogP contribution >= 0.6 is 0 Å². The predicted octanol–water partition coefficient (Wildman–Crippen LogP) is 2.70. The summed E-state index contributed by atoms with van der Waals surface area (Å²) in [6.07, 6.45) is 3.00. The molecule has 8 heteroatoms. The summed E-state index contributed by atoms with van der Waals surface area (Å²) in [5.74, 6) is 0.301. The van der Waals surface area contributed by atoms with E-state index in [0.717, 1.165) is 19.3 Å². The molecule has 2 aromatic rings. The third kappa shape index (κ3) is 4.82. The average molecular weight is 351 g/mol. The van der Waals surface area contributed by atoms with Crippen LogP contribution in [-0.4, -0.2) is 26.0 Å². The molecule has 2 N–H and O–H groups in total. The highest BCUT2D eigenvalue weighted by atomic mass is 32.2. The minimum atomic E-state index is -3.84. The number of carbonyl (C=O) groups excluding carboxylic acids is 1. The lowest BCUT2D eigenvalue weighted by molar-refractivity contribution is 0.0952. The first-order valence-electron chi connectivity index (χ1n) is 7.77. The van der Waals surface area contributed by atoms with Gasteiger partial charge in [-0.25, -0.2) is 8.42 Å². The summed E-state index contributed by atoms with van der Waals surface area (Å²) in [5.41, 5.74) is 0.297. The molecular weight excluding hydrogens is 330 g/mol. The zero-order valence-electron chi connectivity index (χ0n) is 13.7. The molecule has 0 radical (unpaired) electrons. The molecule has 0 aliphatic carbocycles. The second kappa shape index (κ2) is 7.96. The number of nitrogens with one attached hydrogen (secondary N) is 2. The molecule has 0 atom stereocenters. The molecule has 0 saturated heterocycles. The van der Waals surface area contributed by atoms with Gasteiger partial charge in [0.1, 0.15) is 5.76 Å². The van der Waals surface area contributed by atoms with Crippen LogP contribution < -0.4 is 10.0 Å². The predicted molar refractivity (Wildman–Crippen MR) is 90.3 cm³/mol. The second-order valence-corrected chi connectivity index (χ2v) is 7.10. The molecule has 1 aromatic heterocycles. The van der Waals surface area contributed by atoms with Crippen LogP contribution in [0.15, 0.2) is 39.8 Å². The smallest absolute Gasteiger partial charge is 0.263 e. The number of aryl methyl sites for hydroxylation is 1. The molecule has 130 valence electrons. The van der Waals surface area contributed by atoms with Gasteiger partial charge in [-0.15, -0.1) is 0 Å². The molecule has 1 aromatic carbocycles. The van der Waals surface area contributed by atoms with Crippen LogP contribution in [0.5, 0.6) is 0 Å². The Labute approximate surface area is 141 Å². The van der Waals surface area contributed by atoms with E-state index in [1.165, 1.54) is 24.3 Å². The first kappa shape index (κ1) is 18.0. The number of hydrogen-bond acceptors (Lipinski definition) is 5. The van der Waals surface area contributed by atoms with Gasteiger partial charge in [-0.1, -0.05) is 31.0 Å². The largest absolute Gasteiger partial charge is 0.360 e. The Morgan fingerprint density at radius 3 is 2.71 bits per heavy atom. The van der Waals surface area contributed by atoms with Crippen LogP contribution in [0.4, 0.5) is 5.82 Å². The Hall–Kier alpha value is -2.35. The number of nitrogens with zero attached hydrogens (tertiary/aromatic N) is 1. The number of sulfonamides is 1. The maximum Gasteiger partial charge on any atom is 0.263 e. The van der Waals surface area contributed by atoms with Crippen molar-refractivity contribution >= 4 is 21.7 Å². The Bertz CT molecular complexity index is 799. The standard InChI is InChI=1S/C16H21N3O4S/c1-3-4-5-9-17-16(20)13-7-6-8-14(11-13)24(21,22)19-15-10-12(2)23-18-15/h6-8,10-11H,3-5,9H2,1-2H3,(H,17,20)(H,18,19). The molecule has 1 heterocycles. The number of aromatic nitrogens is 1.